The van der Waals surface area contributed by atoms with E-state index in [0.717, 1.165) is 0 Å². The number of hydrogen-bond donors (Lipinski definition) is 3. The number of rotatable bonds is 7. The summed E-state index contributed by atoms with van der Waals surface area (Å²) < 4.78 is 0. The molecule has 0 aliphatic heterocycles. The smallest absolute Gasteiger partial charge is 0.253 e. The molecule has 0 bridgehead atoms. The number of benzene rings is 1. The molecule has 0 radical (unpaired) electrons. The van der Waals surface area contributed by atoms with Crippen LogP contribution in [0.2, 0.25) is 10.0 Å². The highest BCUT2D eigenvalue weighted by Gasteiger charge is 2.24. The Morgan fingerprint density at radius 3 is 2.26 bits per heavy atom. The molecule has 1 aromatic rings. The number of carbonyl (C=O) groups excluding carboxylic acids is 3. The van der Waals surface area contributed by atoms with Gasteiger partial charge >= 0.3 is 0 Å². The van der Waals surface area contributed by atoms with Gasteiger partial charge in [-0.05, 0) is 51.3 Å². The fraction of sp³-hybridized carbons (Fsp3) is 0.526. The van der Waals surface area contributed by atoms with Crippen LogP contribution in [0, 0.1) is 5.92 Å². The second kappa shape index (κ2) is 9.95. The van der Waals surface area contributed by atoms with Crippen molar-refractivity contribution in [2.45, 2.75) is 52.6 Å². The van der Waals surface area contributed by atoms with Crippen LogP contribution in [-0.2, 0) is 9.59 Å². The van der Waals surface area contributed by atoms with Crippen LogP contribution in [0.4, 0.5) is 0 Å². The molecule has 0 saturated heterocycles. The Balaban J connectivity index is 2.78. The van der Waals surface area contributed by atoms with E-state index in [1.807, 2.05) is 34.6 Å². The van der Waals surface area contributed by atoms with E-state index in [1.165, 1.54) is 12.1 Å². The highest BCUT2D eigenvalue weighted by atomic mass is 35.5. The largest absolute Gasteiger partial charge is 0.350 e. The number of carbonyl (C=O) groups is 3. The van der Waals surface area contributed by atoms with Gasteiger partial charge in [-0.2, -0.15) is 0 Å². The molecule has 1 rings (SSSR count). The summed E-state index contributed by atoms with van der Waals surface area (Å²) in [5.41, 5.74) is -0.160. The molecule has 0 heterocycles. The minimum atomic E-state index is -0.785. The summed E-state index contributed by atoms with van der Waals surface area (Å²) in [5.74, 6) is -1.04. The fourth-order valence-electron chi connectivity index (χ4n) is 2.37. The Labute approximate surface area is 170 Å². The lowest BCUT2D eigenvalue weighted by molar-refractivity contribution is -0.128. The first-order valence-electron chi connectivity index (χ1n) is 8.73. The zero-order valence-electron chi connectivity index (χ0n) is 16.3. The van der Waals surface area contributed by atoms with Crippen LogP contribution < -0.4 is 16.0 Å². The predicted octanol–water partition coefficient (Wildman–Crippen LogP) is 3.17. The Kier molecular flexibility index (Phi) is 8.57. The predicted molar refractivity (Wildman–Crippen MR) is 108 cm³/mol. The second-order valence-electron chi connectivity index (χ2n) is 7.80. The Bertz CT molecular complexity index is 700. The van der Waals surface area contributed by atoms with Crippen LogP contribution in [0.25, 0.3) is 0 Å². The summed E-state index contributed by atoms with van der Waals surface area (Å²) in [5, 5.41) is 8.64. The van der Waals surface area contributed by atoms with Gasteiger partial charge in [0.2, 0.25) is 11.8 Å². The van der Waals surface area contributed by atoms with E-state index in [2.05, 4.69) is 16.0 Å². The molecule has 0 spiro atoms. The lowest BCUT2D eigenvalue weighted by atomic mass is 10.0. The third-order valence-corrected chi connectivity index (χ3v) is 3.99. The van der Waals surface area contributed by atoms with E-state index in [9.17, 15) is 14.4 Å². The number of hydrogen-bond acceptors (Lipinski definition) is 3. The molecular formula is C19H27Cl2N3O3. The molecule has 3 N–H and O–H groups in total. The van der Waals surface area contributed by atoms with Gasteiger partial charge in [-0.25, -0.2) is 0 Å². The van der Waals surface area contributed by atoms with Crippen molar-refractivity contribution in [2.75, 3.05) is 6.54 Å². The second-order valence-corrected chi connectivity index (χ2v) is 8.64. The van der Waals surface area contributed by atoms with E-state index in [1.54, 1.807) is 6.07 Å². The maximum Gasteiger partial charge on any atom is 0.253 e. The van der Waals surface area contributed by atoms with Crippen LogP contribution in [0.3, 0.4) is 0 Å². The minimum absolute atomic E-state index is 0.158. The Morgan fingerprint density at radius 2 is 1.74 bits per heavy atom. The highest BCUT2D eigenvalue weighted by Crippen LogP contribution is 2.21. The number of amides is 3. The molecule has 1 atom stereocenters. The van der Waals surface area contributed by atoms with E-state index >= 15 is 0 Å². The van der Waals surface area contributed by atoms with E-state index < -0.39 is 23.4 Å². The zero-order chi connectivity index (χ0) is 20.8. The van der Waals surface area contributed by atoms with Gasteiger partial charge < -0.3 is 16.0 Å². The van der Waals surface area contributed by atoms with Crippen molar-refractivity contribution < 1.29 is 14.4 Å². The molecular weight excluding hydrogens is 389 g/mol. The Hall–Kier alpha value is -1.79. The van der Waals surface area contributed by atoms with Gasteiger partial charge in [-0.1, -0.05) is 37.0 Å². The minimum Gasteiger partial charge on any atom is -0.350 e. The van der Waals surface area contributed by atoms with Gasteiger partial charge in [0, 0.05) is 10.6 Å². The van der Waals surface area contributed by atoms with Gasteiger partial charge in [0.05, 0.1) is 17.1 Å². The highest BCUT2D eigenvalue weighted by molar-refractivity contribution is 6.36. The molecule has 0 saturated carbocycles. The van der Waals surface area contributed by atoms with Crippen molar-refractivity contribution in [2.24, 2.45) is 5.92 Å². The molecule has 1 unspecified atom stereocenters. The van der Waals surface area contributed by atoms with Gasteiger partial charge in [-0.3, -0.25) is 14.4 Å². The first-order valence-corrected chi connectivity index (χ1v) is 9.49. The summed E-state index contributed by atoms with van der Waals surface area (Å²) in [7, 11) is 0. The van der Waals surface area contributed by atoms with Gasteiger partial charge in [0.1, 0.15) is 6.04 Å². The van der Waals surface area contributed by atoms with Crippen molar-refractivity contribution in [3.05, 3.63) is 33.8 Å². The van der Waals surface area contributed by atoms with Crippen molar-refractivity contribution in [3.63, 3.8) is 0 Å². The summed E-state index contributed by atoms with van der Waals surface area (Å²) >= 11 is 11.9. The summed E-state index contributed by atoms with van der Waals surface area (Å²) in [6.07, 6.45) is 0.420. The van der Waals surface area contributed by atoms with Gasteiger partial charge in [0.15, 0.2) is 0 Å². The normalized spacial score (nSPS) is 12.4. The van der Waals surface area contributed by atoms with Crippen LogP contribution in [0.1, 0.15) is 51.4 Å². The molecule has 8 heteroatoms. The lowest BCUT2D eigenvalue weighted by Crippen LogP contribution is -2.51. The maximum absolute atomic E-state index is 12.5. The van der Waals surface area contributed by atoms with E-state index in [4.69, 9.17) is 23.2 Å². The number of halogens is 2. The topological polar surface area (TPSA) is 87.3 Å². The molecule has 150 valence electrons. The van der Waals surface area contributed by atoms with Crippen LogP contribution >= 0.6 is 23.2 Å². The van der Waals surface area contributed by atoms with Gasteiger partial charge in [0.25, 0.3) is 5.91 Å². The Morgan fingerprint density at radius 1 is 1.11 bits per heavy atom. The summed E-state index contributed by atoms with van der Waals surface area (Å²) in [6, 6.07) is 3.73. The van der Waals surface area contributed by atoms with Crippen LogP contribution in [0.15, 0.2) is 18.2 Å². The zero-order valence-corrected chi connectivity index (χ0v) is 17.8. The standard InChI is InChI=1S/C19H27Cl2N3O3/c1-11(2)8-15(18(27)22-10-16(25)24-19(3,4)5)23-17(26)13-7-6-12(20)9-14(13)21/h6-7,9,11,15H,8,10H2,1-5H3,(H,22,27)(H,23,26)(H,24,25). The third-order valence-electron chi connectivity index (χ3n) is 3.44. The third kappa shape index (κ3) is 8.63. The van der Waals surface area contributed by atoms with Gasteiger partial charge in [-0.15, -0.1) is 0 Å². The average molecular weight is 416 g/mol. The summed E-state index contributed by atoms with van der Waals surface area (Å²) in [6.45, 7) is 9.27. The van der Waals surface area contributed by atoms with E-state index in [0.29, 0.717) is 11.4 Å². The molecule has 0 fully saturated rings. The first-order chi connectivity index (χ1) is 12.4. The molecule has 6 nitrogen and oxygen atoms in total. The van der Waals surface area contributed by atoms with Crippen molar-refractivity contribution >= 4 is 40.9 Å². The van der Waals surface area contributed by atoms with E-state index in [-0.39, 0.29) is 29.0 Å². The SMILES string of the molecule is CC(C)CC(NC(=O)c1ccc(Cl)cc1Cl)C(=O)NCC(=O)NC(C)(C)C. The summed E-state index contributed by atoms with van der Waals surface area (Å²) in [4.78, 5) is 36.9. The molecule has 27 heavy (non-hydrogen) atoms. The fourth-order valence-corrected chi connectivity index (χ4v) is 2.86. The van der Waals surface area contributed by atoms with Crippen LogP contribution in [0.5, 0.6) is 0 Å². The molecule has 1 aromatic carbocycles. The number of nitrogens with one attached hydrogen (secondary N) is 3. The average Bonchev–Trinajstić information content (AvgIpc) is 2.49. The molecule has 0 aromatic heterocycles. The van der Waals surface area contributed by atoms with Crippen molar-refractivity contribution in [1.82, 2.24) is 16.0 Å². The maximum atomic E-state index is 12.5. The van der Waals surface area contributed by atoms with Crippen molar-refractivity contribution in [1.29, 1.82) is 0 Å². The molecule has 0 aliphatic carbocycles. The van der Waals surface area contributed by atoms with Crippen molar-refractivity contribution in [3.8, 4) is 0 Å². The molecule has 0 aliphatic rings. The van der Waals surface area contributed by atoms with Crippen LogP contribution in [-0.4, -0.2) is 35.8 Å². The lowest BCUT2D eigenvalue weighted by Gasteiger charge is -2.22. The first kappa shape index (κ1) is 23.2. The quantitative estimate of drug-likeness (QED) is 0.638. The monoisotopic (exact) mass is 415 g/mol. The molecule has 3 amide bonds.